The summed E-state index contributed by atoms with van der Waals surface area (Å²) < 4.78 is 0. The van der Waals surface area contributed by atoms with Gasteiger partial charge in [0.15, 0.2) is 0 Å². The molecule has 59 heavy (non-hydrogen) atoms. The molecule has 11 aromatic rings. The minimum absolute atomic E-state index is 0.877. The predicted molar refractivity (Wildman–Crippen MR) is 248 cm³/mol. The summed E-state index contributed by atoms with van der Waals surface area (Å²) in [4.78, 5) is 13.1. The molecule has 0 saturated heterocycles. The number of hydrogen-bond donors (Lipinski definition) is 0. The molecule has 0 bridgehead atoms. The zero-order chi connectivity index (χ0) is 39.1. The number of nitrogens with zero attached hydrogens (tertiary/aromatic N) is 3. The Morgan fingerprint density at radius 3 is 1.54 bits per heavy atom. The molecule has 0 radical (unpaired) electrons. The maximum absolute atomic E-state index is 5.48. The monoisotopic (exact) mass is 751 g/mol. The van der Waals surface area contributed by atoms with Crippen molar-refractivity contribution in [3.05, 3.63) is 224 Å². The Morgan fingerprint density at radius 2 is 0.814 bits per heavy atom. The highest BCUT2D eigenvalue weighted by molar-refractivity contribution is 6.19. The fourth-order valence-electron chi connectivity index (χ4n) is 8.54. The summed E-state index contributed by atoms with van der Waals surface area (Å²) in [5, 5.41) is 7.02. The van der Waals surface area contributed by atoms with Crippen molar-refractivity contribution in [3.8, 4) is 44.8 Å². The molecule has 3 heteroatoms. The van der Waals surface area contributed by atoms with E-state index in [1.165, 1.54) is 27.3 Å². The highest BCUT2D eigenvalue weighted by Crippen LogP contribution is 2.41. The normalized spacial score (nSPS) is 11.4. The lowest BCUT2D eigenvalue weighted by atomic mass is 9.91. The number of aromatic nitrogens is 2. The van der Waals surface area contributed by atoms with Gasteiger partial charge in [0.25, 0.3) is 0 Å². The number of para-hydroxylation sites is 1. The van der Waals surface area contributed by atoms with E-state index in [-0.39, 0.29) is 0 Å². The van der Waals surface area contributed by atoms with Gasteiger partial charge in [-0.2, -0.15) is 0 Å². The molecule has 0 spiro atoms. The lowest BCUT2D eigenvalue weighted by Crippen LogP contribution is -2.09. The van der Waals surface area contributed by atoms with Crippen LogP contribution in [-0.4, -0.2) is 9.97 Å². The molecule has 276 valence electrons. The van der Waals surface area contributed by atoms with E-state index in [1.807, 2.05) is 12.1 Å². The molecule has 0 aliphatic heterocycles. The molecule has 0 amide bonds. The molecule has 0 fully saturated rings. The Balaban J connectivity index is 1.04. The maximum Gasteiger partial charge on any atom is 0.0979 e. The Bertz CT molecular complexity index is 3310. The van der Waals surface area contributed by atoms with Crippen molar-refractivity contribution in [1.82, 2.24) is 9.97 Å². The zero-order valence-electron chi connectivity index (χ0n) is 32.2. The van der Waals surface area contributed by atoms with Crippen LogP contribution in [0, 0.1) is 0 Å². The predicted octanol–water partition coefficient (Wildman–Crippen LogP) is 15.2. The molecular weight excluding hydrogens is 715 g/mol. The van der Waals surface area contributed by atoms with Gasteiger partial charge in [0.2, 0.25) is 0 Å². The lowest BCUT2D eigenvalue weighted by molar-refractivity contribution is 1.29. The van der Waals surface area contributed by atoms with Gasteiger partial charge in [0, 0.05) is 33.6 Å². The number of benzene rings is 10. The highest BCUT2D eigenvalue weighted by Gasteiger charge is 2.18. The first-order valence-corrected chi connectivity index (χ1v) is 20.1. The van der Waals surface area contributed by atoms with E-state index in [0.29, 0.717) is 0 Å². The van der Waals surface area contributed by atoms with Crippen molar-refractivity contribution >= 4 is 60.4 Å². The summed E-state index contributed by atoms with van der Waals surface area (Å²) in [6.45, 7) is 0. The molecule has 0 saturated carbocycles. The summed E-state index contributed by atoms with van der Waals surface area (Å²) >= 11 is 0. The van der Waals surface area contributed by atoms with Crippen LogP contribution in [0.2, 0.25) is 0 Å². The molecule has 1 heterocycles. The van der Waals surface area contributed by atoms with Crippen molar-refractivity contribution in [2.75, 3.05) is 4.90 Å². The van der Waals surface area contributed by atoms with Crippen LogP contribution in [0.1, 0.15) is 0 Å². The number of rotatable bonds is 7. The third-order valence-electron chi connectivity index (χ3n) is 11.4. The van der Waals surface area contributed by atoms with E-state index in [2.05, 4.69) is 217 Å². The van der Waals surface area contributed by atoms with Crippen molar-refractivity contribution in [2.45, 2.75) is 0 Å². The average molecular weight is 752 g/mol. The smallest absolute Gasteiger partial charge is 0.0979 e. The van der Waals surface area contributed by atoms with E-state index >= 15 is 0 Å². The van der Waals surface area contributed by atoms with E-state index in [9.17, 15) is 0 Å². The van der Waals surface area contributed by atoms with Crippen molar-refractivity contribution < 1.29 is 0 Å². The summed E-state index contributed by atoms with van der Waals surface area (Å²) in [7, 11) is 0. The fraction of sp³-hybridized carbons (Fsp3) is 0. The largest absolute Gasteiger partial charge is 0.310 e. The van der Waals surface area contributed by atoms with Gasteiger partial charge >= 0.3 is 0 Å². The Morgan fingerprint density at radius 1 is 0.305 bits per heavy atom. The van der Waals surface area contributed by atoms with E-state index in [0.717, 1.165) is 77.9 Å². The molecule has 0 unspecified atom stereocenters. The van der Waals surface area contributed by atoms with Gasteiger partial charge in [-0.05, 0) is 97.7 Å². The van der Waals surface area contributed by atoms with E-state index < -0.39 is 0 Å². The summed E-state index contributed by atoms with van der Waals surface area (Å²) in [6.07, 6.45) is 0. The molecule has 1 aromatic heterocycles. The number of anilines is 3. The molecule has 0 aliphatic rings. The highest BCUT2D eigenvalue weighted by atomic mass is 15.1. The number of fused-ring (bicyclic) bond motifs is 6. The second kappa shape index (κ2) is 14.6. The van der Waals surface area contributed by atoms with Gasteiger partial charge in [-0.15, -0.1) is 0 Å². The fourth-order valence-corrected chi connectivity index (χ4v) is 8.54. The first-order chi connectivity index (χ1) is 29.2. The first kappa shape index (κ1) is 34.4. The standard InChI is InChI=1S/C56H37N3/c1-4-15-42(16-5-1)54-55(43-17-6-2-7-18-43)58-56-52(57-54)35-31-41-26-24-40-25-27-45(37-51(40)53(41)56)50-23-13-12-22-49(50)39-29-32-47(33-30-39)59(46-20-8-3-9-21-46)48-34-28-38-14-10-11-19-44(38)36-48/h1-37H. The van der Waals surface area contributed by atoms with Crippen molar-refractivity contribution in [2.24, 2.45) is 0 Å². The maximum atomic E-state index is 5.48. The zero-order valence-corrected chi connectivity index (χ0v) is 32.2. The van der Waals surface area contributed by atoms with Gasteiger partial charge in [0.1, 0.15) is 0 Å². The second-order valence-corrected chi connectivity index (χ2v) is 15.0. The number of hydrogen-bond acceptors (Lipinski definition) is 3. The summed E-state index contributed by atoms with van der Waals surface area (Å²) in [5.74, 6) is 0. The second-order valence-electron chi connectivity index (χ2n) is 15.0. The average Bonchev–Trinajstić information content (AvgIpc) is 3.32. The van der Waals surface area contributed by atoms with Gasteiger partial charge in [0.05, 0.1) is 22.4 Å². The van der Waals surface area contributed by atoms with Gasteiger partial charge in [-0.3, -0.25) is 0 Å². The van der Waals surface area contributed by atoms with Gasteiger partial charge in [-0.25, -0.2) is 9.97 Å². The van der Waals surface area contributed by atoms with Crippen LogP contribution < -0.4 is 4.90 Å². The van der Waals surface area contributed by atoms with Crippen LogP contribution in [0.5, 0.6) is 0 Å². The van der Waals surface area contributed by atoms with E-state index in [1.54, 1.807) is 0 Å². The first-order valence-electron chi connectivity index (χ1n) is 20.1. The third-order valence-corrected chi connectivity index (χ3v) is 11.4. The van der Waals surface area contributed by atoms with Crippen LogP contribution in [0.3, 0.4) is 0 Å². The molecule has 0 aliphatic carbocycles. The van der Waals surface area contributed by atoms with E-state index in [4.69, 9.17) is 9.97 Å². The summed E-state index contributed by atoms with van der Waals surface area (Å²) in [6, 6.07) is 79.9. The van der Waals surface area contributed by atoms with Gasteiger partial charge in [-0.1, -0.05) is 176 Å². The van der Waals surface area contributed by atoms with Crippen LogP contribution in [-0.2, 0) is 0 Å². The molecule has 3 nitrogen and oxygen atoms in total. The van der Waals surface area contributed by atoms with Crippen molar-refractivity contribution in [3.63, 3.8) is 0 Å². The molecule has 0 N–H and O–H groups in total. The SMILES string of the molecule is c1ccc(-c2nc3ccc4ccc5ccc(-c6ccccc6-c6ccc(N(c7ccccc7)c7ccc8ccccc8c7)cc6)cc5c4c3nc2-c2ccccc2)cc1. The van der Waals surface area contributed by atoms with Crippen LogP contribution in [0.15, 0.2) is 224 Å². The van der Waals surface area contributed by atoms with Crippen LogP contribution in [0.4, 0.5) is 17.1 Å². The third kappa shape index (κ3) is 6.26. The van der Waals surface area contributed by atoms with Crippen LogP contribution >= 0.6 is 0 Å². The minimum Gasteiger partial charge on any atom is -0.310 e. The lowest BCUT2D eigenvalue weighted by Gasteiger charge is -2.26. The molecule has 0 atom stereocenters. The molecular formula is C56H37N3. The molecule has 10 aromatic carbocycles. The quantitative estimate of drug-likeness (QED) is 0.152. The Kier molecular flexibility index (Phi) is 8.49. The Hall–Kier alpha value is -7.88. The van der Waals surface area contributed by atoms with Crippen LogP contribution in [0.25, 0.3) is 88.1 Å². The van der Waals surface area contributed by atoms with Crippen molar-refractivity contribution in [1.29, 1.82) is 0 Å². The minimum atomic E-state index is 0.877. The topological polar surface area (TPSA) is 29.0 Å². The summed E-state index contributed by atoms with van der Waals surface area (Å²) in [5.41, 5.74) is 13.6. The molecule has 11 rings (SSSR count). The Labute approximate surface area is 343 Å². The van der Waals surface area contributed by atoms with Gasteiger partial charge < -0.3 is 4.90 Å².